The molecule has 90 valence electrons. The van der Waals surface area contributed by atoms with Crippen LogP contribution in [0.15, 0.2) is 30.5 Å². The van der Waals surface area contributed by atoms with Crippen molar-refractivity contribution >= 4 is 22.9 Å². The molecule has 1 heterocycles. The van der Waals surface area contributed by atoms with Gasteiger partial charge in [-0.1, -0.05) is 23.7 Å². The van der Waals surface area contributed by atoms with Gasteiger partial charge in [-0.3, -0.25) is 0 Å². The number of nitrogens with zero attached hydrogens (tertiary/aromatic N) is 1. The third-order valence-corrected chi connectivity index (χ3v) is 3.57. The number of nitrogens with one attached hydrogen (secondary N) is 1. The summed E-state index contributed by atoms with van der Waals surface area (Å²) >= 11 is 7.26. The molecule has 0 spiro atoms. The van der Waals surface area contributed by atoms with Crippen LogP contribution in [0, 0.1) is 5.82 Å². The van der Waals surface area contributed by atoms with Crippen molar-refractivity contribution in [3.8, 4) is 0 Å². The van der Waals surface area contributed by atoms with Crippen molar-refractivity contribution in [1.82, 2.24) is 10.3 Å². The van der Waals surface area contributed by atoms with E-state index in [0.29, 0.717) is 10.9 Å². The first-order valence-corrected chi connectivity index (χ1v) is 6.43. The molecule has 0 saturated carbocycles. The van der Waals surface area contributed by atoms with E-state index in [2.05, 4.69) is 10.3 Å². The summed E-state index contributed by atoms with van der Waals surface area (Å²) in [4.78, 5) is 4.16. The van der Waals surface area contributed by atoms with E-state index in [1.54, 1.807) is 18.3 Å². The fraction of sp³-hybridized carbons (Fsp3) is 0.250. The van der Waals surface area contributed by atoms with Crippen molar-refractivity contribution in [3.63, 3.8) is 0 Å². The molecular formula is C12H12ClFN2S. The van der Waals surface area contributed by atoms with E-state index >= 15 is 0 Å². The van der Waals surface area contributed by atoms with E-state index in [0.717, 1.165) is 10.6 Å². The molecule has 1 N–H and O–H groups in total. The molecule has 0 aliphatic carbocycles. The largest absolute Gasteiger partial charge is 0.304 e. The van der Waals surface area contributed by atoms with Crippen LogP contribution in [0.1, 0.15) is 23.5 Å². The average molecular weight is 271 g/mol. The molecule has 1 aromatic heterocycles. The number of rotatable bonds is 4. The molecule has 1 aromatic carbocycles. The lowest BCUT2D eigenvalue weighted by atomic mass is 10.1. The highest BCUT2D eigenvalue weighted by atomic mass is 35.5. The van der Waals surface area contributed by atoms with E-state index in [1.165, 1.54) is 23.5 Å². The van der Waals surface area contributed by atoms with Crippen LogP contribution in [0.2, 0.25) is 4.34 Å². The summed E-state index contributed by atoms with van der Waals surface area (Å²) in [5.41, 5.74) is 1.05. The summed E-state index contributed by atoms with van der Waals surface area (Å²) in [5.74, 6) is -0.215. The standard InChI is InChI=1S/C12H12ClFN2S/c1-8(9-2-4-10(14)5-3-9)15-7-12-16-6-11(13)17-12/h2-6,8,15H,7H2,1H3/t8-/m1/s1. The minimum absolute atomic E-state index is 0.151. The molecule has 1 atom stereocenters. The smallest absolute Gasteiger partial charge is 0.123 e. The van der Waals surface area contributed by atoms with E-state index in [1.807, 2.05) is 6.92 Å². The third-order valence-electron chi connectivity index (χ3n) is 2.45. The molecule has 2 aromatic rings. The predicted octanol–water partition coefficient (Wildman–Crippen LogP) is 3.79. The zero-order valence-corrected chi connectivity index (χ0v) is 10.9. The fourth-order valence-electron chi connectivity index (χ4n) is 1.48. The maximum absolute atomic E-state index is 12.8. The van der Waals surface area contributed by atoms with Crippen LogP contribution < -0.4 is 5.32 Å². The number of halogens is 2. The number of hydrogen-bond acceptors (Lipinski definition) is 3. The molecule has 2 nitrogen and oxygen atoms in total. The molecule has 5 heteroatoms. The van der Waals surface area contributed by atoms with E-state index < -0.39 is 0 Å². The highest BCUT2D eigenvalue weighted by Gasteiger charge is 2.06. The van der Waals surface area contributed by atoms with Gasteiger partial charge in [0.2, 0.25) is 0 Å². The van der Waals surface area contributed by atoms with Crippen molar-refractivity contribution in [2.24, 2.45) is 0 Å². The van der Waals surface area contributed by atoms with Gasteiger partial charge in [-0.15, -0.1) is 11.3 Å². The quantitative estimate of drug-likeness (QED) is 0.914. The molecule has 0 amide bonds. The lowest BCUT2D eigenvalue weighted by Gasteiger charge is -2.12. The molecule has 0 fully saturated rings. The second-order valence-electron chi connectivity index (χ2n) is 3.71. The van der Waals surface area contributed by atoms with Crippen molar-refractivity contribution in [1.29, 1.82) is 0 Å². The Hall–Kier alpha value is -0.970. The van der Waals surface area contributed by atoms with Crippen molar-refractivity contribution in [3.05, 3.63) is 51.2 Å². The van der Waals surface area contributed by atoms with Crippen LogP contribution in [0.25, 0.3) is 0 Å². The minimum Gasteiger partial charge on any atom is -0.304 e. The highest BCUT2D eigenvalue weighted by Crippen LogP contribution is 2.19. The second kappa shape index (κ2) is 5.58. The lowest BCUT2D eigenvalue weighted by molar-refractivity contribution is 0.570. The van der Waals surface area contributed by atoms with Gasteiger partial charge in [0.1, 0.15) is 15.2 Å². The van der Waals surface area contributed by atoms with Crippen LogP contribution in [0.5, 0.6) is 0 Å². The van der Waals surface area contributed by atoms with Gasteiger partial charge in [0.25, 0.3) is 0 Å². The summed E-state index contributed by atoms with van der Waals surface area (Å²) in [6.45, 7) is 2.69. The maximum Gasteiger partial charge on any atom is 0.123 e. The van der Waals surface area contributed by atoms with Crippen LogP contribution in [0.3, 0.4) is 0 Å². The van der Waals surface area contributed by atoms with Crippen LogP contribution in [0.4, 0.5) is 4.39 Å². The molecule has 17 heavy (non-hydrogen) atoms. The monoisotopic (exact) mass is 270 g/mol. The van der Waals surface area contributed by atoms with Crippen molar-refractivity contribution in [2.75, 3.05) is 0 Å². The van der Waals surface area contributed by atoms with E-state index in [-0.39, 0.29) is 11.9 Å². The van der Waals surface area contributed by atoms with Crippen LogP contribution in [-0.2, 0) is 6.54 Å². The van der Waals surface area contributed by atoms with Crippen LogP contribution in [-0.4, -0.2) is 4.98 Å². The van der Waals surface area contributed by atoms with Gasteiger partial charge in [-0.25, -0.2) is 9.37 Å². The van der Waals surface area contributed by atoms with Crippen molar-refractivity contribution in [2.45, 2.75) is 19.5 Å². The zero-order chi connectivity index (χ0) is 12.3. The first-order chi connectivity index (χ1) is 8.15. The molecule has 2 rings (SSSR count). The van der Waals surface area contributed by atoms with E-state index in [9.17, 15) is 4.39 Å². The molecule has 0 aliphatic heterocycles. The number of thiazole rings is 1. The Morgan fingerprint density at radius 3 is 2.71 bits per heavy atom. The summed E-state index contributed by atoms with van der Waals surface area (Å²) in [6.07, 6.45) is 1.64. The summed E-state index contributed by atoms with van der Waals surface area (Å²) in [5, 5.41) is 4.26. The summed E-state index contributed by atoms with van der Waals surface area (Å²) in [7, 11) is 0. The van der Waals surface area contributed by atoms with Crippen LogP contribution >= 0.6 is 22.9 Å². The number of aromatic nitrogens is 1. The Morgan fingerprint density at radius 2 is 2.12 bits per heavy atom. The van der Waals surface area contributed by atoms with Gasteiger partial charge >= 0.3 is 0 Å². The Labute approximate surface area is 108 Å². The zero-order valence-electron chi connectivity index (χ0n) is 9.28. The lowest BCUT2D eigenvalue weighted by Crippen LogP contribution is -2.17. The Kier molecular flexibility index (Phi) is 4.10. The minimum atomic E-state index is -0.215. The average Bonchev–Trinajstić information content (AvgIpc) is 2.73. The molecule has 0 radical (unpaired) electrons. The normalized spacial score (nSPS) is 12.6. The predicted molar refractivity (Wildman–Crippen MR) is 68.8 cm³/mol. The molecule has 0 aliphatic rings. The topological polar surface area (TPSA) is 24.9 Å². The van der Waals surface area contributed by atoms with Gasteiger partial charge < -0.3 is 5.32 Å². The van der Waals surface area contributed by atoms with Gasteiger partial charge in [0.05, 0.1) is 6.20 Å². The van der Waals surface area contributed by atoms with Gasteiger partial charge in [-0.05, 0) is 24.6 Å². The second-order valence-corrected chi connectivity index (χ2v) is 5.46. The summed E-state index contributed by atoms with van der Waals surface area (Å²) in [6, 6.07) is 6.64. The highest BCUT2D eigenvalue weighted by molar-refractivity contribution is 7.15. The molecule has 0 unspecified atom stereocenters. The Balaban J connectivity index is 1.93. The number of benzene rings is 1. The first-order valence-electron chi connectivity index (χ1n) is 5.24. The Morgan fingerprint density at radius 1 is 1.41 bits per heavy atom. The fourth-order valence-corrected chi connectivity index (χ4v) is 2.39. The van der Waals surface area contributed by atoms with Gasteiger partial charge in [0, 0.05) is 12.6 Å². The third kappa shape index (κ3) is 3.49. The molecule has 0 bridgehead atoms. The maximum atomic E-state index is 12.8. The Bertz CT molecular complexity index is 484. The van der Waals surface area contributed by atoms with E-state index in [4.69, 9.17) is 11.6 Å². The first kappa shape index (κ1) is 12.5. The number of hydrogen-bond donors (Lipinski definition) is 1. The summed E-state index contributed by atoms with van der Waals surface area (Å²) < 4.78 is 13.5. The van der Waals surface area contributed by atoms with Gasteiger partial charge in [0.15, 0.2) is 0 Å². The SMILES string of the molecule is C[C@@H](NCc1ncc(Cl)s1)c1ccc(F)cc1. The van der Waals surface area contributed by atoms with Crippen molar-refractivity contribution < 1.29 is 4.39 Å². The van der Waals surface area contributed by atoms with Gasteiger partial charge in [-0.2, -0.15) is 0 Å². The molecular weight excluding hydrogens is 259 g/mol. The molecule has 0 saturated heterocycles.